The van der Waals surface area contributed by atoms with E-state index in [0.29, 0.717) is 5.56 Å². The summed E-state index contributed by atoms with van der Waals surface area (Å²) in [5.74, 6) is -0.522. The zero-order valence-corrected chi connectivity index (χ0v) is 14.5. The van der Waals surface area contributed by atoms with Crippen LogP contribution in [0.5, 0.6) is 5.75 Å². The summed E-state index contributed by atoms with van der Waals surface area (Å²) in [4.78, 5) is 25.6. The fourth-order valence-electron chi connectivity index (χ4n) is 2.32. The molecule has 0 fully saturated rings. The minimum atomic E-state index is -2.87. The Morgan fingerprint density at radius 3 is 2.46 bits per heavy atom. The first kappa shape index (κ1) is 19.4. The first-order valence-corrected chi connectivity index (χ1v) is 7.97. The van der Waals surface area contributed by atoms with E-state index in [1.807, 2.05) is 13.0 Å². The molecule has 0 unspecified atom stereocenters. The SMILES string of the molecule is Cc1cccc(C(=O)NCC(=O)N(C)Cc2ccc(OC(F)F)cc2)c1. The van der Waals surface area contributed by atoms with Crippen molar-refractivity contribution < 1.29 is 23.1 Å². The maximum Gasteiger partial charge on any atom is 0.387 e. The summed E-state index contributed by atoms with van der Waals surface area (Å²) in [5, 5.41) is 2.59. The second-order valence-corrected chi connectivity index (χ2v) is 5.82. The first-order chi connectivity index (χ1) is 12.3. The van der Waals surface area contributed by atoms with Crippen LogP contribution in [0.25, 0.3) is 0 Å². The van der Waals surface area contributed by atoms with Gasteiger partial charge in [0.2, 0.25) is 5.91 Å². The number of halogens is 2. The molecule has 0 bridgehead atoms. The average molecular weight is 362 g/mol. The minimum Gasteiger partial charge on any atom is -0.435 e. The number of hydrogen-bond donors (Lipinski definition) is 1. The molecule has 5 nitrogen and oxygen atoms in total. The summed E-state index contributed by atoms with van der Waals surface area (Å²) >= 11 is 0. The van der Waals surface area contributed by atoms with Gasteiger partial charge in [0, 0.05) is 19.2 Å². The molecule has 0 atom stereocenters. The molecule has 0 saturated carbocycles. The van der Waals surface area contributed by atoms with Crippen LogP contribution in [0, 0.1) is 6.92 Å². The van der Waals surface area contributed by atoms with Gasteiger partial charge in [-0.25, -0.2) is 0 Å². The number of hydrogen-bond acceptors (Lipinski definition) is 3. The van der Waals surface area contributed by atoms with Gasteiger partial charge in [-0.15, -0.1) is 0 Å². The minimum absolute atomic E-state index is 0.0585. The normalized spacial score (nSPS) is 10.5. The van der Waals surface area contributed by atoms with Gasteiger partial charge in [-0.1, -0.05) is 29.8 Å². The van der Waals surface area contributed by atoms with E-state index in [4.69, 9.17) is 0 Å². The van der Waals surface area contributed by atoms with Crippen LogP contribution in [0.4, 0.5) is 8.78 Å². The first-order valence-electron chi connectivity index (χ1n) is 7.97. The lowest BCUT2D eigenvalue weighted by molar-refractivity contribution is -0.129. The number of amides is 2. The molecule has 7 heteroatoms. The third kappa shape index (κ3) is 5.84. The van der Waals surface area contributed by atoms with Crippen molar-refractivity contribution >= 4 is 11.8 Å². The fraction of sp³-hybridized carbons (Fsp3) is 0.263. The zero-order valence-electron chi connectivity index (χ0n) is 14.5. The molecule has 0 aliphatic heterocycles. The second-order valence-electron chi connectivity index (χ2n) is 5.82. The van der Waals surface area contributed by atoms with E-state index in [1.165, 1.54) is 17.0 Å². The van der Waals surface area contributed by atoms with E-state index in [1.54, 1.807) is 37.4 Å². The smallest absolute Gasteiger partial charge is 0.387 e. The van der Waals surface area contributed by atoms with Crippen LogP contribution in [0.2, 0.25) is 0 Å². The Balaban J connectivity index is 1.84. The fourth-order valence-corrected chi connectivity index (χ4v) is 2.32. The van der Waals surface area contributed by atoms with Gasteiger partial charge in [-0.2, -0.15) is 8.78 Å². The third-order valence-corrected chi connectivity index (χ3v) is 3.67. The summed E-state index contributed by atoms with van der Waals surface area (Å²) in [7, 11) is 1.60. The number of ether oxygens (including phenoxy) is 1. The van der Waals surface area contributed by atoms with E-state index < -0.39 is 6.61 Å². The third-order valence-electron chi connectivity index (χ3n) is 3.67. The lowest BCUT2D eigenvalue weighted by Gasteiger charge is -2.18. The standard InChI is InChI=1S/C19H20F2N2O3/c1-13-4-3-5-15(10-13)18(25)22-11-17(24)23(2)12-14-6-8-16(9-7-14)26-19(20)21/h3-10,19H,11-12H2,1-2H3,(H,22,25). The highest BCUT2D eigenvalue weighted by atomic mass is 19.3. The molecule has 0 saturated heterocycles. The van der Waals surface area contributed by atoms with Gasteiger partial charge in [0.05, 0.1) is 6.54 Å². The van der Waals surface area contributed by atoms with Crippen molar-refractivity contribution in [1.82, 2.24) is 10.2 Å². The zero-order chi connectivity index (χ0) is 19.1. The number of carbonyl (C=O) groups is 2. The Morgan fingerprint density at radius 2 is 1.85 bits per heavy atom. The number of nitrogens with one attached hydrogen (secondary N) is 1. The predicted molar refractivity (Wildman–Crippen MR) is 93.1 cm³/mol. The van der Waals surface area contributed by atoms with E-state index in [-0.39, 0.29) is 30.7 Å². The van der Waals surface area contributed by atoms with Gasteiger partial charge >= 0.3 is 6.61 Å². The number of benzene rings is 2. The Labute approximate surface area is 150 Å². The Kier molecular flexibility index (Phi) is 6.66. The number of aryl methyl sites for hydroxylation is 1. The van der Waals surface area contributed by atoms with Crippen LogP contribution in [0.3, 0.4) is 0 Å². The lowest BCUT2D eigenvalue weighted by Crippen LogP contribution is -2.37. The molecule has 2 aromatic carbocycles. The van der Waals surface area contributed by atoms with Gasteiger partial charge in [0.25, 0.3) is 5.91 Å². The molecule has 2 rings (SSSR count). The van der Waals surface area contributed by atoms with Gasteiger partial charge in [-0.3, -0.25) is 9.59 Å². The molecule has 138 valence electrons. The van der Waals surface area contributed by atoms with E-state index in [0.717, 1.165) is 11.1 Å². The van der Waals surface area contributed by atoms with Gasteiger partial charge in [-0.05, 0) is 36.8 Å². The summed E-state index contributed by atoms with van der Waals surface area (Å²) in [6.07, 6.45) is 0. The van der Waals surface area contributed by atoms with Crippen LogP contribution >= 0.6 is 0 Å². The molecule has 0 heterocycles. The summed E-state index contributed by atoms with van der Waals surface area (Å²) in [6, 6.07) is 13.1. The molecule has 0 aromatic heterocycles. The highest BCUT2D eigenvalue weighted by molar-refractivity contribution is 5.96. The summed E-state index contributed by atoms with van der Waals surface area (Å²) in [5.41, 5.74) is 2.21. The topological polar surface area (TPSA) is 58.6 Å². The lowest BCUT2D eigenvalue weighted by atomic mass is 10.1. The van der Waals surface area contributed by atoms with E-state index in [2.05, 4.69) is 10.1 Å². The van der Waals surface area contributed by atoms with Gasteiger partial charge in [0.1, 0.15) is 5.75 Å². The number of likely N-dealkylation sites (N-methyl/N-ethyl adjacent to an activating group) is 1. The Hall–Kier alpha value is -2.96. The van der Waals surface area contributed by atoms with Crippen molar-refractivity contribution in [3.8, 4) is 5.75 Å². The maximum absolute atomic E-state index is 12.1. The quantitative estimate of drug-likeness (QED) is 0.824. The average Bonchev–Trinajstić information content (AvgIpc) is 2.60. The van der Waals surface area contributed by atoms with Gasteiger partial charge in [0.15, 0.2) is 0 Å². The molecule has 2 amide bonds. The number of alkyl halides is 2. The van der Waals surface area contributed by atoms with Crippen molar-refractivity contribution in [1.29, 1.82) is 0 Å². The van der Waals surface area contributed by atoms with E-state index in [9.17, 15) is 18.4 Å². The predicted octanol–water partition coefficient (Wildman–Crippen LogP) is 2.98. The molecule has 26 heavy (non-hydrogen) atoms. The van der Waals surface area contributed by atoms with Crippen LogP contribution in [-0.2, 0) is 11.3 Å². The molecule has 0 aliphatic carbocycles. The summed E-state index contributed by atoms with van der Waals surface area (Å²) in [6.45, 7) is -0.834. The highest BCUT2D eigenvalue weighted by Gasteiger charge is 2.12. The number of carbonyl (C=O) groups excluding carboxylic acids is 2. The van der Waals surface area contributed by atoms with Crippen molar-refractivity contribution in [2.75, 3.05) is 13.6 Å². The molecular formula is C19H20F2N2O3. The molecule has 0 aliphatic rings. The van der Waals surface area contributed by atoms with Crippen LogP contribution in [0.15, 0.2) is 48.5 Å². The van der Waals surface area contributed by atoms with Gasteiger partial charge < -0.3 is 15.0 Å². The maximum atomic E-state index is 12.1. The Bertz CT molecular complexity index is 764. The van der Waals surface area contributed by atoms with Crippen molar-refractivity contribution in [3.05, 3.63) is 65.2 Å². The van der Waals surface area contributed by atoms with Crippen LogP contribution in [0.1, 0.15) is 21.5 Å². The summed E-state index contributed by atoms with van der Waals surface area (Å²) < 4.78 is 28.5. The van der Waals surface area contributed by atoms with E-state index >= 15 is 0 Å². The monoisotopic (exact) mass is 362 g/mol. The molecule has 2 aromatic rings. The van der Waals surface area contributed by atoms with Crippen molar-refractivity contribution in [3.63, 3.8) is 0 Å². The molecule has 1 N–H and O–H groups in total. The largest absolute Gasteiger partial charge is 0.435 e. The van der Waals surface area contributed by atoms with Crippen LogP contribution in [-0.4, -0.2) is 36.9 Å². The van der Waals surface area contributed by atoms with Crippen molar-refractivity contribution in [2.24, 2.45) is 0 Å². The number of rotatable bonds is 7. The van der Waals surface area contributed by atoms with Crippen LogP contribution < -0.4 is 10.1 Å². The number of nitrogens with zero attached hydrogens (tertiary/aromatic N) is 1. The molecular weight excluding hydrogens is 342 g/mol. The highest BCUT2D eigenvalue weighted by Crippen LogP contribution is 2.15. The van der Waals surface area contributed by atoms with Crippen molar-refractivity contribution in [2.45, 2.75) is 20.1 Å². The molecule has 0 radical (unpaired) electrons. The second kappa shape index (κ2) is 8.94. The Morgan fingerprint density at radius 1 is 1.15 bits per heavy atom. The molecule has 0 spiro atoms.